The molecule has 1 heterocycles. The summed E-state index contributed by atoms with van der Waals surface area (Å²) >= 11 is 5.82. The van der Waals surface area contributed by atoms with E-state index in [1.54, 1.807) is 24.3 Å². The number of nitrogens with one attached hydrogen (secondary N) is 1. The van der Waals surface area contributed by atoms with E-state index in [1.807, 2.05) is 0 Å². The number of carbonyl (C=O) groups is 1. The minimum Gasteiger partial charge on any atom is -0.319 e. The molecule has 0 spiro atoms. The summed E-state index contributed by atoms with van der Waals surface area (Å²) in [6, 6.07) is 8.69. The number of carbonyl (C=O) groups excluding carboxylic acids is 1. The Balaban J connectivity index is 1.84. The van der Waals surface area contributed by atoms with Gasteiger partial charge in [-0.2, -0.15) is 10.1 Å². The molecule has 1 atom stereocenters. The second-order valence-corrected chi connectivity index (χ2v) is 6.07. The van der Waals surface area contributed by atoms with Crippen molar-refractivity contribution in [3.05, 3.63) is 75.8 Å². The molecule has 3 aromatic rings. The van der Waals surface area contributed by atoms with Crippen LogP contribution in [0, 0.1) is 11.6 Å². The first-order chi connectivity index (χ1) is 12.9. The van der Waals surface area contributed by atoms with Gasteiger partial charge in [0.25, 0.3) is 0 Å². The van der Waals surface area contributed by atoms with Gasteiger partial charge in [0.1, 0.15) is 23.4 Å². The Morgan fingerprint density at radius 2 is 1.78 bits per heavy atom. The molecule has 1 N–H and O–H groups in total. The van der Waals surface area contributed by atoms with E-state index < -0.39 is 35.0 Å². The zero-order chi connectivity index (χ0) is 19.6. The molecule has 1 aromatic heterocycles. The summed E-state index contributed by atoms with van der Waals surface area (Å²) in [5.74, 6) is -2.66. The van der Waals surface area contributed by atoms with Gasteiger partial charge in [-0.15, -0.1) is 0 Å². The Hall–Kier alpha value is -3.13. The zero-order valence-corrected chi connectivity index (χ0v) is 14.7. The lowest BCUT2D eigenvalue weighted by atomic mass is 10.2. The lowest BCUT2D eigenvalue weighted by Crippen LogP contribution is -2.35. The van der Waals surface area contributed by atoms with E-state index in [0.29, 0.717) is 16.3 Å². The number of aromatic nitrogens is 3. The molecule has 3 rings (SSSR count). The average Bonchev–Trinajstić information content (AvgIpc) is 2.64. The predicted octanol–water partition coefficient (Wildman–Crippen LogP) is 3.44. The van der Waals surface area contributed by atoms with Crippen molar-refractivity contribution in [3.8, 4) is 11.3 Å². The summed E-state index contributed by atoms with van der Waals surface area (Å²) in [4.78, 5) is 28.4. The Bertz CT molecular complexity index is 1030. The maximum atomic E-state index is 13.7. The van der Waals surface area contributed by atoms with Gasteiger partial charge in [-0.3, -0.25) is 4.79 Å². The molecule has 0 aliphatic rings. The first-order valence-corrected chi connectivity index (χ1v) is 8.21. The topological polar surface area (TPSA) is 76.9 Å². The third-order valence-electron chi connectivity index (χ3n) is 3.81. The lowest BCUT2D eigenvalue weighted by molar-refractivity contribution is -0.119. The van der Waals surface area contributed by atoms with E-state index in [9.17, 15) is 18.4 Å². The van der Waals surface area contributed by atoms with Crippen LogP contribution >= 0.6 is 11.6 Å². The number of amides is 1. The van der Waals surface area contributed by atoms with E-state index in [2.05, 4.69) is 15.4 Å². The maximum Gasteiger partial charge on any atom is 0.365 e. The Labute approximate surface area is 157 Å². The number of hydrogen-bond acceptors (Lipinski definition) is 4. The Kier molecular flexibility index (Phi) is 5.27. The minimum atomic E-state index is -1.14. The van der Waals surface area contributed by atoms with Crippen molar-refractivity contribution in [3.63, 3.8) is 0 Å². The highest BCUT2D eigenvalue weighted by molar-refractivity contribution is 6.30. The molecule has 0 saturated carbocycles. The van der Waals surface area contributed by atoms with E-state index in [4.69, 9.17) is 11.6 Å². The van der Waals surface area contributed by atoms with Gasteiger partial charge >= 0.3 is 5.69 Å². The molecule has 2 aromatic carbocycles. The van der Waals surface area contributed by atoms with Crippen LogP contribution in [0.3, 0.4) is 0 Å². The highest BCUT2D eigenvalue weighted by atomic mass is 35.5. The number of nitrogens with zero attached hydrogens (tertiary/aromatic N) is 3. The number of hydrogen-bond donors (Lipinski definition) is 1. The van der Waals surface area contributed by atoms with Crippen molar-refractivity contribution >= 4 is 23.2 Å². The van der Waals surface area contributed by atoms with Crippen LogP contribution in [0.4, 0.5) is 14.5 Å². The van der Waals surface area contributed by atoms with Gasteiger partial charge in [0.2, 0.25) is 5.91 Å². The second kappa shape index (κ2) is 7.63. The molecule has 1 amide bonds. The molecule has 6 nitrogen and oxygen atoms in total. The fourth-order valence-corrected chi connectivity index (χ4v) is 2.46. The first kappa shape index (κ1) is 18.7. The van der Waals surface area contributed by atoms with Crippen LogP contribution in [0.15, 0.2) is 53.5 Å². The van der Waals surface area contributed by atoms with Crippen molar-refractivity contribution in [2.24, 2.45) is 0 Å². The minimum absolute atomic E-state index is 0.306. The maximum absolute atomic E-state index is 13.7. The molecule has 0 aliphatic heterocycles. The fraction of sp³-hybridized carbons (Fsp3) is 0.111. The quantitative estimate of drug-likeness (QED) is 0.740. The van der Waals surface area contributed by atoms with Gasteiger partial charge in [0.05, 0.1) is 11.9 Å². The molecule has 0 unspecified atom stereocenters. The fourth-order valence-electron chi connectivity index (χ4n) is 2.33. The molecule has 0 bridgehead atoms. The van der Waals surface area contributed by atoms with Crippen LogP contribution in [-0.4, -0.2) is 20.7 Å². The first-order valence-electron chi connectivity index (χ1n) is 7.83. The van der Waals surface area contributed by atoms with Crippen molar-refractivity contribution < 1.29 is 13.6 Å². The smallest absolute Gasteiger partial charge is 0.319 e. The number of para-hydroxylation sites is 1. The van der Waals surface area contributed by atoms with Crippen molar-refractivity contribution in [2.75, 3.05) is 5.32 Å². The zero-order valence-electron chi connectivity index (χ0n) is 14.0. The molecule has 9 heteroatoms. The molecule has 0 fully saturated rings. The van der Waals surface area contributed by atoms with Gasteiger partial charge in [-0.1, -0.05) is 29.8 Å². The normalized spacial score (nSPS) is 11.9. The SMILES string of the molecule is C[C@@H](C(=O)Nc1c(F)cccc1F)n1ncc(-c2ccc(Cl)cc2)nc1=O. The van der Waals surface area contributed by atoms with E-state index in [1.165, 1.54) is 19.2 Å². The van der Waals surface area contributed by atoms with Crippen LogP contribution in [0.2, 0.25) is 5.02 Å². The Morgan fingerprint density at radius 1 is 1.15 bits per heavy atom. The van der Waals surface area contributed by atoms with E-state index >= 15 is 0 Å². The molecule has 27 heavy (non-hydrogen) atoms. The van der Waals surface area contributed by atoms with Crippen LogP contribution in [0.5, 0.6) is 0 Å². The lowest BCUT2D eigenvalue weighted by Gasteiger charge is -2.14. The van der Waals surface area contributed by atoms with E-state index in [0.717, 1.165) is 16.8 Å². The average molecular weight is 391 g/mol. The second-order valence-electron chi connectivity index (χ2n) is 5.64. The highest BCUT2D eigenvalue weighted by Gasteiger charge is 2.21. The van der Waals surface area contributed by atoms with Gasteiger partial charge in [-0.05, 0) is 31.2 Å². The van der Waals surface area contributed by atoms with Gasteiger partial charge in [0.15, 0.2) is 0 Å². The predicted molar refractivity (Wildman–Crippen MR) is 96.4 cm³/mol. The molecular formula is C18H13ClF2N4O2. The van der Waals surface area contributed by atoms with Crippen LogP contribution in [0.25, 0.3) is 11.3 Å². The van der Waals surface area contributed by atoms with Crippen LogP contribution in [-0.2, 0) is 4.79 Å². The van der Waals surface area contributed by atoms with Gasteiger partial charge in [-0.25, -0.2) is 18.3 Å². The Morgan fingerprint density at radius 3 is 2.37 bits per heavy atom. The molecule has 0 aliphatic carbocycles. The summed E-state index contributed by atoms with van der Waals surface area (Å²) in [5, 5.41) is 6.60. The largest absolute Gasteiger partial charge is 0.365 e. The third kappa shape index (κ3) is 4.01. The summed E-state index contributed by atoms with van der Waals surface area (Å²) in [5.41, 5.74) is -0.436. The number of anilines is 1. The summed E-state index contributed by atoms with van der Waals surface area (Å²) < 4.78 is 28.2. The number of rotatable bonds is 4. The van der Waals surface area contributed by atoms with Crippen molar-refractivity contribution in [1.29, 1.82) is 0 Å². The third-order valence-corrected chi connectivity index (χ3v) is 4.07. The summed E-state index contributed by atoms with van der Waals surface area (Å²) in [7, 11) is 0. The number of halogens is 3. The van der Waals surface area contributed by atoms with Crippen LogP contribution < -0.4 is 11.0 Å². The highest BCUT2D eigenvalue weighted by Crippen LogP contribution is 2.20. The van der Waals surface area contributed by atoms with Crippen molar-refractivity contribution in [2.45, 2.75) is 13.0 Å². The molecule has 0 saturated heterocycles. The van der Waals surface area contributed by atoms with E-state index in [-0.39, 0.29) is 0 Å². The monoisotopic (exact) mass is 390 g/mol. The molecule has 0 radical (unpaired) electrons. The molecular weight excluding hydrogens is 378 g/mol. The van der Waals surface area contributed by atoms with Gasteiger partial charge in [0, 0.05) is 10.6 Å². The summed E-state index contributed by atoms with van der Waals surface area (Å²) in [6.07, 6.45) is 1.32. The van der Waals surface area contributed by atoms with Gasteiger partial charge < -0.3 is 5.32 Å². The summed E-state index contributed by atoms with van der Waals surface area (Å²) in [6.45, 7) is 1.37. The van der Waals surface area contributed by atoms with Crippen molar-refractivity contribution in [1.82, 2.24) is 14.8 Å². The molecule has 138 valence electrons. The van der Waals surface area contributed by atoms with Crippen LogP contribution in [0.1, 0.15) is 13.0 Å². The number of benzene rings is 2. The standard InChI is InChI=1S/C18H13ClF2N4O2/c1-10(17(26)24-16-13(20)3-2-4-14(16)21)25-18(27)23-15(9-22-25)11-5-7-12(19)8-6-11/h2-10H,1H3,(H,24,26)/t10-/m0/s1.